The molecule has 4 nitrogen and oxygen atoms in total. The van der Waals surface area contributed by atoms with E-state index in [0.717, 1.165) is 35.5 Å². The number of ether oxygens (including phenoxy) is 2. The molecule has 1 fully saturated rings. The van der Waals surface area contributed by atoms with Crippen molar-refractivity contribution < 1.29 is 18.7 Å². The van der Waals surface area contributed by atoms with Crippen LogP contribution in [0.25, 0.3) is 6.08 Å². The van der Waals surface area contributed by atoms with Crippen LogP contribution in [-0.4, -0.2) is 30.1 Å². The quantitative estimate of drug-likeness (QED) is 0.393. The molecule has 1 aliphatic rings. The maximum absolute atomic E-state index is 13.3. The van der Waals surface area contributed by atoms with Gasteiger partial charge in [0.2, 0.25) is 5.91 Å². The van der Waals surface area contributed by atoms with Crippen molar-refractivity contribution in [2.24, 2.45) is 0 Å². The minimum atomic E-state index is -0.273. The molecule has 0 spiro atoms. The Bertz CT molecular complexity index is 1030. The van der Waals surface area contributed by atoms with Crippen molar-refractivity contribution in [1.82, 2.24) is 4.90 Å². The SMILES string of the molecule is O=C(/C=C/c1cccs1)N(Cc1ccc(OCc2cccc(F)c2)cc1)C[C@H]1CCCO1. The molecule has 0 unspecified atom stereocenters. The summed E-state index contributed by atoms with van der Waals surface area (Å²) in [4.78, 5) is 15.8. The van der Waals surface area contributed by atoms with Crippen molar-refractivity contribution >= 4 is 23.3 Å². The Morgan fingerprint density at radius 1 is 1.16 bits per heavy atom. The number of thiophene rings is 1. The van der Waals surface area contributed by atoms with Crippen molar-refractivity contribution in [3.8, 4) is 5.75 Å². The molecule has 0 aliphatic carbocycles. The lowest BCUT2D eigenvalue weighted by atomic mass is 10.1. The van der Waals surface area contributed by atoms with Gasteiger partial charge in [0.25, 0.3) is 0 Å². The molecule has 3 aromatic rings. The predicted octanol–water partition coefficient (Wildman–Crippen LogP) is 5.69. The van der Waals surface area contributed by atoms with Crippen LogP contribution in [0.4, 0.5) is 4.39 Å². The molecule has 2 aromatic carbocycles. The average Bonchev–Trinajstić information content (AvgIpc) is 3.51. The first-order valence-corrected chi connectivity index (χ1v) is 11.6. The molecule has 32 heavy (non-hydrogen) atoms. The number of rotatable bonds is 9. The third kappa shape index (κ3) is 6.52. The predicted molar refractivity (Wildman–Crippen MR) is 125 cm³/mol. The molecule has 1 atom stereocenters. The Balaban J connectivity index is 1.38. The van der Waals surface area contributed by atoms with Crippen LogP contribution in [0, 0.1) is 5.82 Å². The van der Waals surface area contributed by atoms with E-state index in [4.69, 9.17) is 9.47 Å². The topological polar surface area (TPSA) is 38.8 Å². The molecule has 0 N–H and O–H groups in total. The lowest BCUT2D eigenvalue weighted by molar-refractivity contribution is -0.128. The highest BCUT2D eigenvalue weighted by Gasteiger charge is 2.21. The first-order chi connectivity index (χ1) is 15.7. The van der Waals surface area contributed by atoms with Crippen LogP contribution in [0.2, 0.25) is 0 Å². The third-order valence-corrected chi connectivity index (χ3v) is 6.12. The summed E-state index contributed by atoms with van der Waals surface area (Å²) < 4.78 is 24.8. The number of halogens is 1. The van der Waals surface area contributed by atoms with Crippen molar-refractivity contribution in [3.05, 3.63) is 93.9 Å². The summed E-state index contributed by atoms with van der Waals surface area (Å²) >= 11 is 1.60. The zero-order chi connectivity index (χ0) is 22.2. The Morgan fingerprint density at radius 2 is 2.03 bits per heavy atom. The van der Waals surface area contributed by atoms with E-state index in [1.807, 2.05) is 58.8 Å². The third-order valence-electron chi connectivity index (χ3n) is 5.28. The van der Waals surface area contributed by atoms with Crippen molar-refractivity contribution in [2.75, 3.05) is 13.2 Å². The largest absolute Gasteiger partial charge is 0.489 e. The van der Waals surface area contributed by atoms with Gasteiger partial charge >= 0.3 is 0 Å². The van der Waals surface area contributed by atoms with Gasteiger partial charge in [-0.2, -0.15) is 0 Å². The van der Waals surface area contributed by atoms with Gasteiger partial charge in [-0.3, -0.25) is 4.79 Å². The van der Waals surface area contributed by atoms with E-state index in [-0.39, 0.29) is 17.8 Å². The summed E-state index contributed by atoms with van der Waals surface area (Å²) in [5.74, 6) is 0.401. The van der Waals surface area contributed by atoms with Crippen LogP contribution in [0.15, 0.2) is 72.1 Å². The highest BCUT2D eigenvalue weighted by atomic mass is 32.1. The second kappa shape index (κ2) is 11.1. The maximum Gasteiger partial charge on any atom is 0.246 e. The molecule has 1 amide bonds. The van der Waals surface area contributed by atoms with Crippen LogP contribution in [0.3, 0.4) is 0 Å². The van der Waals surface area contributed by atoms with E-state index in [9.17, 15) is 9.18 Å². The van der Waals surface area contributed by atoms with E-state index >= 15 is 0 Å². The summed E-state index contributed by atoms with van der Waals surface area (Å²) in [6.07, 6.45) is 5.60. The van der Waals surface area contributed by atoms with Gasteiger partial charge in [-0.15, -0.1) is 11.3 Å². The highest BCUT2D eigenvalue weighted by Crippen LogP contribution is 2.19. The second-order valence-electron chi connectivity index (χ2n) is 7.77. The summed E-state index contributed by atoms with van der Waals surface area (Å²) in [6.45, 7) is 2.13. The Labute approximate surface area is 191 Å². The number of carbonyl (C=O) groups excluding carboxylic acids is 1. The molecule has 2 heterocycles. The average molecular weight is 452 g/mol. The molecule has 1 aliphatic heterocycles. The number of hydrogen-bond acceptors (Lipinski definition) is 4. The Kier molecular flexibility index (Phi) is 7.69. The number of nitrogens with zero attached hydrogens (tertiary/aromatic N) is 1. The van der Waals surface area contributed by atoms with Gasteiger partial charge in [-0.05, 0) is 65.8 Å². The lowest BCUT2D eigenvalue weighted by Gasteiger charge is -2.24. The molecule has 0 bridgehead atoms. The number of benzene rings is 2. The van der Waals surface area contributed by atoms with Crippen LogP contribution in [0.1, 0.15) is 28.8 Å². The fourth-order valence-electron chi connectivity index (χ4n) is 3.62. The molecular formula is C26H26FNO3S. The van der Waals surface area contributed by atoms with E-state index in [0.29, 0.717) is 25.4 Å². The van der Waals surface area contributed by atoms with Crippen molar-refractivity contribution in [1.29, 1.82) is 0 Å². The van der Waals surface area contributed by atoms with E-state index in [2.05, 4.69) is 0 Å². The highest BCUT2D eigenvalue weighted by molar-refractivity contribution is 7.10. The van der Waals surface area contributed by atoms with Gasteiger partial charge in [0.1, 0.15) is 18.2 Å². The summed E-state index contributed by atoms with van der Waals surface area (Å²) in [6, 6.07) is 18.0. The van der Waals surface area contributed by atoms with E-state index < -0.39 is 0 Å². The molecule has 1 aromatic heterocycles. The second-order valence-corrected chi connectivity index (χ2v) is 8.74. The lowest BCUT2D eigenvalue weighted by Crippen LogP contribution is -2.35. The Hall–Kier alpha value is -2.96. The van der Waals surface area contributed by atoms with Crippen molar-refractivity contribution in [2.45, 2.75) is 32.1 Å². The van der Waals surface area contributed by atoms with Gasteiger partial charge in [-0.1, -0.05) is 30.3 Å². The van der Waals surface area contributed by atoms with Crippen LogP contribution >= 0.6 is 11.3 Å². The van der Waals surface area contributed by atoms with Gasteiger partial charge < -0.3 is 14.4 Å². The standard InChI is InChI=1S/C26H26FNO3S/c27-22-5-1-4-21(16-22)19-31-23-10-8-20(9-11-23)17-28(18-24-6-2-14-30-24)26(29)13-12-25-7-3-15-32-25/h1,3-5,7-13,15-16,24H,2,6,14,17-19H2/b13-12+/t24-/m1/s1. The first-order valence-electron chi connectivity index (χ1n) is 10.7. The smallest absolute Gasteiger partial charge is 0.246 e. The molecule has 0 radical (unpaired) electrons. The molecule has 6 heteroatoms. The fraction of sp³-hybridized carbons (Fsp3) is 0.269. The van der Waals surface area contributed by atoms with Gasteiger partial charge in [0.15, 0.2) is 0 Å². The molecule has 4 rings (SSSR count). The van der Waals surface area contributed by atoms with Gasteiger partial charge in [0.05, 0.1) is 6.10 Å². The zero-order valence-corrected chi connectivity index (χ0v) is 18.6. The minimum absolute atomic E-state index is 0.0275. The van der Waals surface area contributed by atoms with Crippen molar-refractivity contribution in [3.63, 3.8) is 0 Å². The fourth-order valence-corrected chi connectivity index (χ4v) is 4.23. The zero-order valence-electron chi connectivity index (χ0n) is 17.8. The minimum Gasteiger partial charge on any atom is -0.489 e. The molecule has 0 saturated carbocycles. The van der Waals surface area contributed by atoms with Gasteiger partial charge in [-0.25, -0.2) is 4.39 Å². The monoisotopic (exact) mass is 451 g/mol. The van der Waals surface area contributed by atoms with Gasteiger partial charge in [0, 0.05) is 30.6 Å². The molecular weight excluding hydrogens is 425 g/mol. The summed E-state index contributed by atoms with van der Waals surface area (Å²) in [7, 11) is 0. The first kappa shape index (κ1) is 22.2. The van der Waals surface area contributed by atoms with E-state index in [1.54, 1.807) is 23.5 Å². The van der Waals surface area contributed by atoms with Crippen LogP contribution < -0.4 is 4.74 Å². The number of amides is 1. The van der Waals surface area contributed by atoms with E-state index in [1.165, 1.54) is 12.1 Å². The van der Waals surface area contributed by atoms with Crippen LogP contribution in [0.5, 0.6) is 5.75 Å². The summed E-state index contributed by atoms with van der Waals surface area (Å²) in [5, 5.41) is 1.99. The molecule has 166 valence electrons. The Morgan fingerprint density at radius 3 is 2.75 bits per heavy atom. The maximum atomic E-state index is 13.3. The summed E-state index contributed by atoms with van der Waals surface area (Å²) in [5.41, 5.74) is 1.79. The number of hydrogen-bond donors (Lipinski definition) is 0. The van der Waals surface area contributed by atoms with Crippen LogP contribution in [-0.2, 0) is 22.7 Å². The molecule has 1 saturated heterocycles. The number of carbonyl (C=O) groups is 1. The normalized spacial score (nSPS) is 15.8.